The number of hydrogen-bond donors (Lipinski definition) is 2. The number of carbonyl (C=O) groups excluding carboxylic acids is 1. The predicted octanol–water partition coefficient (Wildman–Crippen LogP) is 2.52. The van der Waals surface area contributed by atoms with Crippen molar-refractivity contribution in [2.24, 2.45) is 0 Å². The van der Waals surface area contributed by atoms with E-state index in [0.717, 1.165) is 18.4 Å². The van der Waals surface area contributed by atoms with Gasteiger partial charge in [0.1, 0.15) is 0 Å². The number of para-hydroxylation sites is 1. The number of nitrogens with one attached hydrogen (secondary N) is 2. The van der Waals surface area contributed by atoms with Crippen molar-refractivity contribution < 1.29 is 13.2 Å². The van der Waals surface area contributed by atoms with Crippen molar-refractivity contribution in [3.8, 4) is 0 Å². The van der Waals surface area contributed by atoms with Crippen molar-refractivity contribution in [2.75, 3.05) is 11.9 Å². The average molecular weight is 344 g/mol. The van der Waals surface area contributed by atoms with Gasteiger partial charge in [0.2, 0.25) is 15.7 Å². The molecule has 1 aliphatic carbocycles. The van der Waals surface area contributed by atoms with Gasteiger partial charge in [-0.3, -0.25) is 4.79 Å². The highest BCUT2D eigenvalue weighted by Gasteiger charge is 2.24. The normalized spacial score (nSPS) is 14.2. The van der Waals surface area contributed by atoms with Crippen molar-refractivity contribution in [1.29, 1.82) is 0 Å². The van der Waals surface area contributed by atoms with Crippen molar-refractivity contribution in [3.63, 3.8) is 0 Å². The average Bonchev–Trinajstić information content (AvgIpc) is 3.37. The summed E-state index contributed by atoms with van der Waals surface area (Å²) in [7, 11) is -3.64. The summed E-state index contributed by atoms with van der Waals surface area (Å²) < 4.78 is 25.7. The molecule has 126 valence electrons. The van der Waals surface area contributed by atoms with Gasteiger partial charge in [0.25, 0.3) is 0 Å². The minimum atomic E-state index is -3.64. The fraction of sp³-hybridized carbons (Fsp3) is 0.278. The molecule has 2 N–H and O–H groups in total. The Morgan fingerprint density at radius 2 is 1.75 bits per heavy atom. The number of benzene rings is 2. The van der Waals surface area contributed by atoms with E-state index in [0.29, 0.717) is 5.69 Å². The van der Waals surface area contributed by atoms with Gasteiger partial charge in [0.15, 0.2) is 0 Å². The smallest absolute Gasteiger partial charge is 0.239 e. The van der Waals surface area contributed by atoms with Crippen LogP contribution in [0.5, 0.6) is 0 Å². The van der Waals surface area contributed by atoms with E-state index in [1.807, 2.05) is 6.92 Å². The fourth-order valence-electron chi connectivity index (χ4n) is 2.37. The molecule has 1 saturated carbocycles. The summed E-state index contributed by atoms with van der Waals surface area (Å²) in [6.45, 7) is 1.96. The number of carbonyl (C=O) groups is 1. The molecule has 0 aromatic heterocycles. The van der Waals surface area contributed by atoms with Gasteiger partial charge in [-0.2, -0.15) is 0 Å². The molecule has 1 amide bonds. The van der Waals surface area contributed by atoms with Crippen LogP contribution < -0.4 is 10.6 Å². The van der Waals surface area contributed by atoms with Gasteiger partial charge in [-0.15, -0.1) is 0 Å². The van der Waals surface area contributed by atoms with Gasteiger partial charge < -0.3 is 10.6 Å². The van der Waals surface area contributed by atoms with Crippen molar-refractivity contribution in [2.45, 2.75) is 35.6 Å². The van der Waals surface area contributed by atoms with E-state index in [-0.39, 0.29) is 28.3 Å². The zero-order valence-electron chi connectivity index (χ0n) is 13.5. The highest BCUT2D eigenvalue weighted by atomic mass is 32.2. The quantitative estimate of drug-likeness (QED) is 0.844. The number of amides is 1. The van der Waals surface area contributed by atoms with Gasteiger partial charge in [-0.1, -0.05) is 29.8 Å². The van der Waals surface area contributed by atoms with Gasteiger partial charge in [0, 0.05) is 6.04 Å². The van der Waals surface area contributed by atoms with Crippen LogP contribution in [0.3, 0.4) is 0 Å². The zero-order chi connectivity index (χ0) is 17.2. The number of rotatable bonds is 6. The third-order valence-corrected chi connectivity index (χ3v) is 5.72. The largest absolute Gasteiger partial charge is 0.375 e. The van der Waals surface area contributed by atoms with Gasteiger partial charge in [0.05, 0.1) is 22.0 Å². The first-order valence-electron chi connectivity index (χ1n) is 7.91. The molecule has 2 aromatic carbocycles. The lowest BCUT2D eigenvalue weighted by atomic mass is 10.2. The summed E-state index contributed by atoms with van der Waals surface area (Å²) in [4.78, 5) is 12.2. The minimum Gasteiger partial charge on any atom is -0.375 e. The number of sulfone groups is 1. The van der Waals surface area contributed by atoms with E-state index in [9.17, 15) is 13.2 Å². The topological polar surface area (TPSA) is 75.3 Å². The Hall–Kier alpha value is -2.34. The first-order valence-corrected chi connectivity index (χ1v) is 9.39. The molecule has 0 radical (unpaired) electrons. The van der Waals surface area contributed by atoms with Crippen LogP contribution in [0.25, 0.3) is 0 Å². The van der Waals surface area contributed by atoms with Crippen LogP contribution >= 0.6 is 0 Å². The van der Waals surface area contributed by atoms with Crippen LogP contribution in [0.2, 0.25) is 0 Å². The highest BCUT2D eigenvalue weighted by Crippen LogP contribution is 2.27. The third-order valence-electron chi connectivity index (χ3n) is 3.89. The van der Waals surface area contributed by atoms with Crippen LogP contribution in [0.15, 0.2) is 58.3 Å². The molecule has 3 rings (SSSR count). The van der Waals surface area contributed by atoms with Gasteiger partial charge >= 0.3 is 0 Å². The number of hydrogen-bond acceptors (Lipinski definition) is 4. The number of aryl methyl sites for hydroxylation is 1. The molecule has 1 aliphatic rings. The van der Waals surface area contributed by atoms with E-state index in [2.05, 4.69) is 10.6 Å². The maximum atomic E-state index is 12.9. The Balaban J connectivity index is 1.82. The van der Waals surface area contributed by atoms with Crippen LogP contribution in [0.4, 0.5) is 5.69 Å². The lowest BCUT2D eigenvalue weighted by Gasteiger charge is -2.13. The summed E-state index contributed by atoms with van der Waals surface area (Å²) in [6, 6.07) is 13.7. The molecule has 0 unspecified atom stereocenters. The van der Waals surface area contributed by atoms with Crippen molar-refractivity contribution in [3.05, 3.63) is 54.1 Å². The second-order valence-electron chi connectivity index (χ2n) is 6.01. The van der Waals surface area contributed by atoms with E-state index < -0.39 is 9.84 Å². The molecular weight excluding hydrogens is 324 g/mol. The molecular formula is C18H20N2O3S. The standard InChI is InChI=1S/C18H20N2O3S/c1-13-6-10-15(11-7-13)24(22,23)17-5-3-2-4-16(17)19-12-18(21)20-14-8-9-14/h2-7,10-11,14,19H,8-9,12H2,1H3,(H,20,21). The highest BCUT2D eigenvalue weighted by molar-refractivity contribution is 7.91. The molecule has 5 nitrogen and oxygen atoms in total. The number of anilines is 1. The molecule has 2 aromatic rings. The molecule has 0 saturated heterocycles. The Morgan fingerprint density at radius 1 is 1.08 bits per heavy atom. The van der Waals surface area contributed by atoms with Crippen LogP contribution in [0.1, 0.15) is 18.4 Å². The van der Waals surface area contributed by atoms with E-state index in [1.54, 1.807) is 48.5 Å². The molecule has 0 aliphatic heterocycles. The minimum absolute atomic E-state index is 0.0525. The third kappa shape index (κ3) is 3.76. The predicted molar refractivity (Wildman–Crippen MR) is 92.7 cm³/mol. The molecule has 6 heteroatoms. The van der Waals surface area contributed by atoms with Crippen LogP contribution in [-0.4, -0.2) is 26.9 Å². The second-order valence-corrected chi connectivity index (χ2v) is 7.93. The van der Waals surface area contributed by atoms with Gasteiger partial charge in [-0.25, -0.2) is 8.42 Å². The Bertz CT molecular complexity index is 841. The monoisotopic (exact) mass is 344 g/mol. The first-order chi connectivity index (χ1) is 11.5. The Morgan fingerprint density at radius 3 is 2.42 bits per heavy atom. The SMILES string of the molecule is Cc1ccc(S(=O)(=O)c2ccccc2NCC(=O)NC2CC2)cc1. The molecule has 24 heavy (non-hydrogen) atoms. The van der Waals surface area contributed by atoms with Crippen molar-refractivity contribution in [1.82, 2.24) is 5.32 Å². The molecule has 0 heterocycles. The van der Waals surface area contributed by atoms with E-state index >= 15 is 0 Å². The lowest BCUT2D eigenvalue weighted by molar-refractivity contribution is -0.119. The molecule has 1 fully saturated rings. The summed E-state index contributed by atoms with van der Waals surface area (Å²) in [5.41, 5.74) is 1.43. The maximum Gasteiger partial charge on any atom is 0.239 e. The second kappa shape index (κ2) is 6.65. The van der Waals surface area contributed by atoms with Crippen LogP contribution in [-0.2, 0) is 14.6 Å². The summed E-state index contributed by atoms with van der Waals surface area (Å²) in [6.07, 6.45) is 2.04. The fourth-order valence-corrected chi connectivity index (χ4v) is 3.81. The molecule has 0 bridgehead atoms. The molecule has 0 spiro atoms. The maximum absolute atomic E-state index is 12.9. The van der Waals surface area contributed by atoms with E-state index in [1.165, 1.54) is 0 Å². The zero-order valence-corrected chi connectivity index (χ0v) is 14.3. The summed E-state index contributed by atoms with van der Waals surface area (Å²) in [5.74, 6) is -0.125. The Kier molecular flexibility index (Phi) is 4.57. The van der Waals surface area contributed by atoms with Crippen LogP contribution in [0, 0.1) is 6.92 Å². The van der Waals surface area contributed by atoms with Crippen molar-refractivity contribution >= 4 is 21.4 Å². The first kappa shape index (κ1) is 16.5. The summed E-state index contributed by atoms with van der Waals surface area (Å²) in [5, 5.41) is 5.81. The molecule has 0 atom stereocenters. The van der Waals surface area contributed by atoms with Gasteiger partial charge in [-0.05, 0) is 44.0 Å². The lowest BCUT2D eigenvalue weighted by Crippen LogP contribution is -2.31. The van der Waals surface area contributed by atoms with E-state index in [4.69, 9.17) is 0 Å². The Labute approximate surface area is 142 Å². The summed E-state index contributed by atoms with van der Waals surface area (Å²) >= 11 is 0.